The number of sulfone groups is 1. The highest BCUT2D eigenvalue weighted by Crippen LogP contribution is 2.15. The molecule has 2 rings (SSSR count). The van der Waals surface area contributed by atoms with Crippen molar-refractivity contribution in [3.05, 3.63) is 70.1 Å². The first-order chi connectivity index (χ1) is 9.98. The van der Waals surface area contributed by atoms with E-state index in [1.807, 2.05) is 0 Å². The smallest absolute Gasteiger partial charge is 0.175 e. The van der Waals surface area contributed by atoms with Gasteiger partial charge in [0.1, 0.15) is 5.75 Å². The summed E-state index contributed by atoms with van der Waals surface area (Å²) < 4.78 is 29.1. The predicted molar refractivity (Wildman–Crippen MR) is 86.1 cm³/mol. The van der Waals surface area contributed by atoms with Gasteiger partial charge >= 0.3 is 0 Å². The van der Waals surface area contributed by atoms with Gasteiger partial charge in [0.15, 0.2) is 9.84 Å². The van der Waals surface area contributed by atoms with Crippen LogP contribution in [-0.4, -0.2) is 15.5 Å². The van der Waals surface area contributed by atoms with Crippen LogP contribution in [0.1, 0.15) is 11.1 Å². The summed E-state index contributed by atoms with van der Waals surface area (Å²) in [5.41, 5.74) is 1.51. The quantitative estimate of drug-likeness (QED) is 0.837. The maximum atomic E-state index is 12.0. The molecule has 0 N–H and O–H groups in total. The van der Waals surface area contributed by atoms with Gasteiger partial charge in [-0.15, -0.1) is 0 Å². The summed E-state index contributed by atoms with van der Waals surface area (Å²) in [5.74, 6) is 0.688. The Hall–Kier alpha value is -1.78. The van der Waals surface area contributed by atoms with Crippen molar-refractivity contribution in [2.45, 2.75) is 5.75 Å². The number of benzene rings is 2. The van der Waals surface area contributed by atoms with E-state index in [2.05, 4.69) is 0 Å². The molecule has 0 amide bonds. The third-order valence-electron chi connectivity index (χ3n) is 2.86. The van der Waals surface area contributed by atoms with Crippen LogP contribution in [-0.2, 0) is 15.6 Å². The summed E-state index contributed by atoms with van der Waals surface area (Å²) in [6.45, 7) is 0. The van der Waals surface area contributed by atoms with Crippen molar-refractivity contribution in [3.63, 3.8) is 0 Å². The van der Waals surface area contributed by atoms with E-state index in [0.717, 1.165) is 11.3 Å². The van der Waals surface area contributed by atoms with E-state index in [4.69, 9.17) is 16.3 Å². The minimum Gasteiger partial charge on any atom is -0.497 e. The Balaban J connectivity index is 2.08. The summed E-state index contributed by atoms with van der Waals surface area (Å²) >= 11 is 5.78. The van der Waals surface area contributed by atoms with E-state index in [1.54, 1.807) is 61.7 Å². The van der Waals surface area contributed by atoms with Gasteiger partial charge in [0, 0.05) is 10.4 Å². The third-order valence-corrected chi connectivity index (χ3v) is 4.40. The van der Waals surface area contributed by atoms with Gasteiger partial charge in [-0.1, -0.05) is 35.9 Å². The van der Waals surface area contributed by atoms with E-state index >= 15 is 0 Å². The van der Waals surface area contributed by atoms with Crippen molar-refractivity contribution in [3.8, 4) is 5.75 Å². The molecule has 0 radical (unpaired) electrons. The van der Waals surface area contributed by atoms with E-state index in [0.29, 0.717) is 10.6 Å². The molecule has 0 saturated carbocycles. The minimum atomic E-state index is -3.32. The zero-order chi connectivity index (χ0) is 15.3. The first-order valence-electron chi connectivity index (χ1n) is 6.28. The second-order valence-corrected chi connectivity index (χ2v) is 6.83. The van der Waals surface area contributed by atoms with E-state index in [9.17, 15) is 8.42 Å². The molecule has 0 aliphatic rings. The van der Waals surface area contributed by atoms with Crippen molar-refractivity contribution in [1.82, 2.24) is 0 Å². The molecule has 0 aliphatic heterocycles. The number of rotatable bonds is 5. The molecule has 0 atom stereocenters. The van der Waals surface area contributed by atoms with Crippen molar-refractivity contribution < 1.29 is 13.2 Å². The van der Waals surface area contributed by atoms with Crippen LogP contribution in [0.4, 0.5) is 0 Å². The molecule has 0 spiro atoms. The molecule has 0 fully saturated rings. The molecule has 0 unspecified atom stereocenters. The lowest BCUT2D eigenvalue weighted by Gasteiger charge is -2.01. The van der Waals surface area contributed by atoms with Gasteiger partial charge in [-0.2, -0.15) is 0 Å². The molecule has 5 heteroatoms. The first-order valence-corrected chi connectivity index (χ1v) is 8.37. The molecule has 110 valence electrons. The number of ether oxygens (including phenoxy) is 1. The van der Waals surface area contributed by atoms with Crippen LogP contribution in [0, 0.1) is 0 Å². The molecular weight excluding hydrogens is 308 g/mol. The second-order valence-electron chi connectivity index (χ2n) is 4.51. The van der Waals surface area contributed by atoms with Gasteiger partial charge in [-0.3, -0.25) is 0 Å². The Labute approximate surface area is 129 Å². The lowest BCUT2D eigenvalue weighted by atomic mass is 10.2. The van der Waals surface area contributed by atoms with Crippen LogP contribution < -0.4 is 4.74 Å². The Bertz CT molecular complexity index is 717. The highest BCUT2D eigenvalue weighted by molar-refractivity contribution is 7.93. The monoisotopic (exact) mass is 322 g/mol. The average Bonchev–Trinajstić information content (AvgIpc) is 2.48. The fourth-order valence-corrected chi connectivity index (χ4v) is 3.00. The summed E-state index contributed by atoms with van der Waals surface area (Å²) in [6.07, 6.45) is 1.57. The lowest BCUT2D eigenvalue weighted by molar-refractivity contribution is 0.415. The summed E-state index contributed by atoms with van der Waals surface area (Å²) in [5, 5.41) is 1.81. The van der Waals surface area contributed by atoms with Gasteiger partial charge in [0.05, 0.1) is 12.9 Å². The number of hydrogen-bond donors (Lipinski definition) is 0. The summed E-state index contributed by atoms with van der Waals surface area (Å²) in [6, 6.07) is 13.9. The zero-order valence-electron chi connectivity index (χ0n) is 11.5. The standard InChI is InChI=1S/C16H15ClO3S/c1-20-16-8-4-13(5-9-16)10-11-21(18,19)12-14-2-6-15(17)7-3-14/h2-11H,12H2,1H3/b11-10+. The fourth-order valence-electron chi connectivity index (χ4n) is 1.76. The molecule has 3 nitrogen and oxygen atoms in total. The predicted octanol–water partition coefficient (Wildman–Crippen LogP) is 3.93. The number of halogens is 1. The fraction of sp³-hybridized carbons (Fsp3) is 0.125. The average molecular weight is 323 g/mol. The topological polar surface area (TPSA) is 43.4 Å². The maximum absolute atomic E-state index is 12.0. The molecule has 2 aromatic rings. The maximum Gasteiger partial charge on any atom is 0.175 e. The molecule has 0 aromatic heterocycles. The van der Waals surface area contributed by atoms with Gasteiger partial charge < -0.3 is 4.74 Å². The van der Waals surface area contributed by atoms with Crippen molar-refractivity contribution in [2.75, 3.05) is 7.11 Å². The molecule has 0 heterocycles. The third kappa shape index (κ3) is 4.92. The molecule has 21 heavy (non-hydrogen) atoms. The minimum absolute atomic E-state index is 0.0448. The Morgan fingerprint density at radius 1 is 1.05 bits per heavy atom. The van der Waals surface area contributed by atoms with Crippen LogP contribution in [0.15, 0.2) is 53.9 Å². The number of methoxy groups -OCH3 is 1. The lowest BCUT2D eigenvalue weighted by Crippen LogP contribution is -1.99. The Morgan fingerprint density at radius 3 is 2.24 bits per heavy atom. The van der Waals surface area contributed by atoms with Crippen LogP contribution in [0.25, 0.3) is 6.08 Å². The van der Waals surface area contributed by atoms with Gasteiger partial charge in [0.2, 0.25) is 0 Å². The molecule has 0 aliphatic carbocycles. The molecule has 0 bridgehead atoms. The van der Waals surface area contributed by atoms with Crippen LogP contribution in [0.3, 0.4) is 0 Å². The molecule has 2 aromatic carbocycles. The summed E-state index contributed by atoms with van der Waals surface area (Å²) in [7, 11) is -1.73. The van der Waals surface area contributed by atoms with Crippen molar-refractivity contribution in [1.29, 1.82) is 0 Å². The van der Waals surface area contributed by atoms with Gasteiger partial charge in [-0.05, 0) is 41.5 Å². The normalized spacial score (nSPS) is 11.7. The largest absolute Gasteiger partial charge is 0.497 e. The van der Waals surface area contributed by atoms with Crippen LogP contribution in [0.5, 0.6) is 5.75 Å². The van der Waals surface area contributed by atoms with Crippen molar-refractivity contribution in [2.24, 2.45) is 0 Å². The molecule has 0 saturated heterocycles. The number of hydrogen-bond acceptors (Lipinski definition) is 3. The van der Waals surface area contributed by atoms with Gasteiger partial charge in [0.25, 0.3) is 0 Å². The first kappa shape index (κ1) is 15.6. The zero-order valence-corrected chi connectivity index (χ0v) is 13.1. The van der Waals surface area contributed by atoms with E-state index < -0.39 is 9.84 Å². The van der Waals surface area contributed by atoms with E-state index in [1.165, 1.54) is 5.41 Å². The Kier molecular flexibility index (Phi) is 5.04. The van der Waals surface area contributed by atoms with Crippen LogP contribution >= 0.6 is 11.6 Å². The highest BCUT2D eigenvalue weighted by atomic mass is 35.5. The second kappa shape index (κ2) is 6.78. The van der Waals surface area contributed by atoms with Crippen LogP contribution in [0.2, 0.25) is 5.02 Å². The molecular formula is C16H15ClO3S. The van der Waals surface area contributed by atoms with E-state index in [-0.39, 0.29) is 5.75 Å². The highest BCUT2D eigenvalue weighted by Gasteiger charge is 2.07. The van der Waals surface area contributed by atoms with Gasteiger partial charge in [-0.25, -0.2) is 8.42 Å². The summed E-state index contributed by atoms with van der Waals surface area (Å²) in [4.78, 5) is 0. The Morgan fingerprint density at radius 2 is 1.67 bits per heavy atom. The SMILES string of the molecule is COc1ccc(/C=C/S(=O)(=O)Cc2ccc(Cl)cc2)cc1. The van der Waals surface area contributed by atoms with Crippen molar-refractivity contribution >= 4 is 27.5 Å².